The molecule has 0 atom stereocenters. The molecule has 230 valence electrons. The molecule has 0 aromatic heterocycles. The lowest BCUT2D eigenvalue weighted by molar-refractivity contribution is -0.144. The summed E-state index contributed by atoms with van der Waals surface area (Å²) in [5.74, 6) is 0.192. The fourth-order valence-corrected chi connectivity index (χ4v) is 3.99. The maximum Gasteiger partial charge on any atom is 0.343 e. The largest absolute Gasteiger partial charge is 0.494 e. The molecule has 2 aromatic carbocycles. The van der Waals surface area contributed by atoms with Gasteiger partial charge in [-0.15, -0.1) is 0 Å². The molecule has 42 heavy (non-hydrogen) atoms. The molecule has 0 radical (unpaired) electrons. The van der Waals surface area contributed by atoms with E-state index in [9.17, 15) is 14.4 Å². The van der Waals surface area contributed by atoms with Crippen molar-refractivity contribution < 1.29 is 43.2 Å². The Balaban J connectivity index is 1.63. The van der Waals surface area contributed by atoms with E-state index in [1.165, 1.54) is 13.2 Å². The van der Waals surface area contributed by atoms with Crippen LogP contribution in [-0.4, -0.2) is 56.6 Å². The van der Waals surface area contributed by atoms with Gasteiger partial charge in [0.1, 0.15) is 5.75 Å². The van der Waals surface area contributed by atoms with Gasteiger partial charge in [-0.25, -0.2) is 9.59 Å². The third-order valence-electron chi connectivity index (χ3n) is 6.29. The summed E-state index contributed by atoms with van der Waals surface area (Å²) >= 11 is 0. The number of unbranched alkanes of at least 4 members (excludes halogenated alkanes) is 7. The van der Waals surface area contributed by atoms with Crippen molar-refractivity contribution in [1.82, 2.24) is 0 Å². The van der Waals surface area contributed by atoms with E-state index in [1.54, 1.807) is 55.5 Å². The molecule has 0 spiro atoms. The van der Waals surface area contributed by atoms with E-state index in [4.69, 9.17) is 28.8 Å². The van der Waals surface area contributed by atoms with Gasteiger partial charge < -0.3 is 28.8 Å². The minimum absolute atomic E-state index is 0.150. The number of rotatable bonds is 21. The first-order valence-corrected chi connectivity index (χ1v) is 14.7. The molecule has 0 saturated heterocycles. The summed E-state index contributed by atoms with van der Waals surface area (Å²) in [6.45, 7) is 3.27. The average Bonchev–Trinajstić information content (AvgIpc) is 3.00. The van der Waals surface area contributed by atoms with E-state index in [1.807, 2.05) is 0 Å². The van der Waals surface area contributed by atoms with Gasteiger partial charge in [0.25, 0.3) is 0 Å². The van der Waals surface area contributed by atoms with Crippen LogP contribution in [0.4, 0.5) is 0 Å². The molecule has 0 heterocycles. The summed E-state index contributed by atoms with van der Waals surface area (Å²) in [5.41, 5.74) is 1.07. The van der Waals surface area contributed by atoms with Crippen LogP contribution in [0.3, 0.4) is 0 Å². The Hall–Kier alpha value is -3.85. The second kappa shape index (κ2) is 20.9. The first kappa shape index (κ1) is 34.4. The maximum atomic E-state index is 12.7. The van der Waals surface area contributed by atoms with Crippen LogP contribution in [0.2, 0.25) is 0 Å². The Bertz CT molecular complexity index is 1110. The molecule has 0 bridgehead atoms. The first-order chi connectivity index (χ1) is 20.5. The van der Waals surface area contributed by atoms with Crippen molar-refractivity contribution in [3.8, 4) is 17.2 Å². The number of carbonyl (C=O) groups is 3. The van der Waals surface area contributed by atoms with Gasteiger partial charge in [0.2, 0.25) is 0 Å². The molecular weight excluding hydrogens is 540 g/mol. The molecule has 0 unspecified atom stereocenters. The molecule has 1 N–H and O–H groups in total. The lowest BCUT2D eigenvalue weighted by Crippen LogP contribution is -2.09. The Labute approximate surface area is 248 Å². The quantitative estimate of drug-likeness (QED) is 0.0780. The van der Waals surface area contributed by atoms with Crippen LogP contribution in [0.15, 0.2) is 48.5 Å². The lowest BCUT2D eigenvalue weighted by Gasteiger charge is -2.11. The lowest BCUT2D eigenvalue weighted by atomic mass is 10.1. The molecule has 9 heteroatoms. The van der Waals surface area contributed by atoms with Crippen LogP contribution in [-0.2, 0) is 19.1 Å². The Kier molecular flexibility index (Phi) is 17.1. The zero-order valence-electron chi connectivity index (χ0n) is 24.8. The number of hydrogen-bond acceptors (Lipinski definition) is 9. The Morgan fingerprint density at radius 1 is 0.786 bits per heavy atom. The third kappa shape index (κ3) is 14.2. The molecular formula is C33H44O9. The highest BCUT2D eigenvalue weighted by molar-refractivity contribution is 5.91. The minimum Gasteiger partial charge on any atom is -0.494 e. The van der Waals surface area contributed by atoms with Gasteiger partial charge in [0.15, 0.2) is 11.5 Å². The number of aliphatic hydroxyl groups is 1. The van der Waals surface area contributed by atoms with E-state index >= 15 is 0 Å². The van der Waals surface area contributed by atoms with Crippen molar-refractivity contribution in [2.45, 2.75) is 71.1 Å². The fourth-order valence-electron chi connectivity index (χ4n) is 3.99. The van der Waals surface area contributed by atoms with E-state index in [0.717, 1.165) is 57.8 Å². The van der Waals surface area contributed by atoms with E-state index in [-0.39, 0.29) is 18.3 Å². The summed E-state index contributed by atoms with van der Waals surface area (Å²) in [5, 5.41) is 8.74. The van der Waals surface area contributed by atoms with E-state index < -0.39 is 11.9 Å². The minimum atomic E-state index is -0.525. The molecule has 0 aliphatic carbocycles. The molecule has 0 aliphatic heterocycles. The Morgan fingerprint density at radius 3 is 2.17 bits per heavy atom. The van der Waals surface area contributed by atoms with E-state index in [2.05, 4.69) is 0 Å². The number of benzene rings is 2. The van der Waals surface area contributed by atoms with Gasteiger partial charge in [-0.1, -0.05) is 38.2 Å². The standard InChI is InChI=1S/C33H44O9/c1-3-39-32(36)21-15-26-14-20-29(30(25-26)38-2)42-33(37)27-16-18-28(19-17-27)40-23-11-6-4-5-7-12-24-41-31(35)13-9-8-10-22-34/h14-21,25,34H,3-13,22-24H2,1-2H3/b21-15+. The number of hydrogen-bond donors (Lipinski definition) is 1. The zero-order chi connectivity index (χ0) is 30.4. The van der Waals surface area contributed by atoms with Crippen LogP contribution in [0.5, 0.6) is 17.2 Å². The van der Waals surface area contributed by atoms with Crippen molar-refractivity contribution in [2.24, 2.45) is 0 Å². The van der Waals surface area contributed by atoms with Crippen LogP contribution in [0.25, 0.3) is 6.08 Å². The van der Waals surface area contributed by atoms with Crippen LogP contribution >= 0.6 is 0 Å². The molecule has 0 aliphatic rings. The maximum absolute atomic E-state index is 12.7. The number of methoxy groups -OCH3 is 1. The third-order valence-corrected chi connectivity index (χ3v) is 6.29. The predicted molar refractivity (Wildman–Crippen MR) is 160 cm³/mol. The molecule has 9 nitrogen and oxygen atoms in total. The summed E-state index contributed by atoms with van der Waals surface area (Å²) in [6.07, 6.45) is 11.8. The van der Waals surface area contributed by atoms with Gasteiger partial charge >= 0.3 is 17.9 Å². The normalized spacial score (nSPS) is 10.8. The second-order valence-corrected chi connectivity index (χ2v) is 9.63. The van der Waals surface area contributed by atoms with Gasteiger partial charge in [0, 0.05) is 19.1 Å². The second-order valence-electron chi connectivity index (χ2n) is 9.63. The SMILES string of the molecule is CCOC(=O)/C=C/c1ccc(OC(=O)c2ccc(OCCCCCCCCOC(=O)CCCCCO)cc2)c(OC)c1. The Morgan fingerprint density at radius 2 is 1.48 bits per heavy atom. The van der Waals surface area contributed by atoms with Gasteiger partial charge in [-0.05, 0) is 80.6 Å². The van der Waals surface area contributed by atoms with Crippen molar-refractivity contribution >= 4 is 24.0 Å². The van der Waals surface area contributed by atoms with Crippen molar-refractivity contribution in [3.05, 3.63) is 59.7 Å². The number of ether oxygens (including phenoxy) is 5. The summed E-state index contributed by atoms with van der Waals surface area (Å²) in [6, 6.07) is 11.8. The molecule has 0 amide bonds. The summed E-state index contributed by atoms with van der Waals surface area (Å²) < 4.78 is 26.8. The highest BCUT2D eigenvalue weighted by Crippen LogP contribution is 2.29. The highest BCUT2D eigenvalue weighted by atomic mass is 16.6. The highest BCUT2D eigenvalue weighted by Gasteiger charge is 2.13. The zero-order valence-corrected chi connectivity index (χ0v) is 24.8. The van der Waals surface area contributed by atoms with Crippen LogP contribution in [0, 0.1) is 0 Å². The van der Waals surface area contributed by atoms with Gasteiger partial charge in [-0.2, -0.15) is 0 Å². The summed E-state index contributed by atoms with van der Waals surface area (Å²) in [4.78, 5) is 35.8. The van der Waals surface area contributed by atoms with Gasteiger partial charge in [-0.3, -0.25) is 4.79 Å². The smallest absolute Gasteiger partial charge is 0.343 e. The molecule has 0 fully saturated rings. The molecule has 0 saturated carbocycles. The monoisotopic (exact) mass is 584 g/mol. The van der Waals surface area contributed by atoms with Crippen molar-refractivity contribution in [3.63, 3.8) is 0 Å². The number of carbonyl (C=O) groups excluding carboxylic acids is 3. The summed E-state index contributed by atoms with van der Waals surface area (Å²) in [7, 11) is 1.47. The average molecular weight is 585 g/mol. The number of esters is 3. The van der Waals surface area contributed by atoms with Crippen LogP contribution in [0.1, 0.15) is 87.1 Å². The van der Waals surface area contributed by atoms with Gasteiger partial charge in [0.05, 0.1) is 32.5 Å². The first-order valence-electron chi connectivity index (χ1n) is 14.7. The van der Waals surface area contributed by atoms with E-state index in [0.29, 0.717) is 48.9 Å². The number of aliphatic hydroxyl groups excluding tert-OH is 1. The van der Waals surface area contributed by atoms with Crippen LogP contribution < -0.4 is 14.2 Å². The predicted octanol–water partition coefficient (Wildman–Crippen LogP) is 6.31. The molecule has 2 aromatic rings. The fraction of sp³-hybridized carbons (Fsp3) is 0.485. The topological polar surface area (TPSA) is 118 Å². The molecule has 2 rings (SSSR count). The van der Waals surface area contributed by atoms with Crippen molar-refractivity contribution in [1.29, 1.82) is 0 Å². The van der Waals surface area contributed by atoms with Crippen molar-refractivity contribution in [2.75, 3.05) is 33.5 Å².